The molecule has 0 amide bonds. The molecule has 0 radical (unpaired) electrons. The second kappa shape index (κ2) is 8.76. The van der Waals surface area contributed by atoms with Gasteiger partial charge in [0.1, 0.15) is 12.4 Å². The predicted molar refractivity (Wildman–Crippen MR) is 109 cm³/mol. The van der Waals surface area contributed by atoms with Gasteiger partial charge in [0, 0.05) is 15.1 Å². The summed E-state index contributed by atoms with van der Waals surface area (Å²) >= 11 is 10.7. The molecular weight excluding hydrogens is 466 g/mol. The summed E-state index contributed by atoms with van der Waals surface area (Å²) in [4.78, 5) is 4.38. The summed E-state index contributed by atoms with van der Waals surface area (Å²) in [6, 6.07) is 14.8. The largest absolute Gasteiger partial charge is 0.486 e. The van der Waals surface area contributed by atoms with E-state index in [0.717, 1.165) is 10.0 Å². The number of aromatic amines is 1. The molecule has 1 N–H and O–H groups in total. The van der Waals surface area contributed by atoms with Crippen LogP contribution < -0.4 is 4.74 Å². The average molecular weight is 479 g/mol. The minimum Gasteiger partial charge on any atom is -0.486 e. The number of benzene rings is 2. The fraction of sp³-hybridized carbons (Fsp3) is 0.111. The van der Waals surface area contributed by atoms with Crippen LogP contribution in [0.25, 0.3) is 11.5 Å². The van der Waals surface area contributed by atoms with E-state index in [1.807, 2.05) is 24.3 Å². The van der Waals surface area contributed by atoms with Gasteiger partial charge in [0.15, 0.2) is 5.82 Å². The van der Waals surface area contributed by atoms with E-state index in [-0.39, 0.29) is 6.61 Å². The summed E-state index contributed by atoms with van der Waals surface area (Å²) in [5.74, 6) is 2.78. The molecule has 2 aromatic carbocycles. The first kappa shape index (κ1) is 19.0. The van der Waals surface area contributed by atoms with E-state index in [2.05, 4.69) is 41.3 Å². The number of rotatable bonds is 7. The summed E-state index contributed by atoms with van der Waals surface area (Å²) in [6.07, 6.45) is 0. The molecule has 28 heavy (non-hydrogen) atoms. The van der Waals surface area contributed by atoms with Gasteiger partial charge in [-0.2, -0.15) is 0 Å². The van der Waals surface area contributed by atoms with Crippen LogP contribution in [0.2, 0.25) is 5.02 Å². The van der Waals surface area contributed by atoms with E-state index in [0.29, 0.717) is 39.3 Å². The normalized spacial score (nSPS) is 10.9. The quantitative estimate of drug-likeness (QED) is 0.368. The summed E-state index contributed by atoms with van der Waals surface area (Å²) in [6.45, 7) is 0.281. The third-order valence-corrected chi connectivity index (χ3v) is 5.14. The summed E-state index contributed by atoms with van der Waals surface area (Å²) in [5, 5.41) is 16.4. The number of H-pyrrole nitrogens is 1. The standard InChI is InChI=1S/C18H13BrClN5O2S/c19-12-3-1-2-11(8-12)17-24-23-16(27-17)10-28-18-21-15(22-25-18)9-26-14-6-4-13(20)5-7-14/h1-8H,9-10H2,(H,21,22,25). The molecule has 0 unspecified atom stereocenters. The van der Waals surface area contributed by atoms with Gasteiger partial charge in [0.25, 0.3) is 0 Å². The maximum atomic E-state index is 5.85. The Bertz CT molecular complexity index is 1070. The number of thioether (sulfide) groups is 1. The highest BCUT2D eigenvalue weighted by Gasteiger charge is 2.11. The lowest BCUT2D eigenvalue weighted by molar-refractivity contribution is 0.296. The van der Waals surface area contributed by atoms with Crippen molar-refractivity contribution in [1.82, 2.24) is 25.4 Å². The molecule has 0 fully saturated rings. The molecule has 142 valence electrons. The first-order valence-electron chi connectivity index (χ1n) is 8.16. The zero-order valence-corrected chi connectivity index (χ0v) is 17.5. The maximum Gasteiger partial charge on any atom is 0.247 e. The van der Waals surface area contributed by atoms with Gasteiger partial charge in [-0.05, 0) is 42.5 Å². The van der Waals surface area contributed by atoms with E-state index in [1.165, 1.54) is 11.8 Å². The van der Waals surface area contributed by atoms with Crippen molar-refractivity contribution >= 4 is 39.3 Å². The Labute approximate surface area is 178 Å². The number of nitrogens with one attached hydrogen (secondary N) is 1. The van der Waals surface area contributed by atoms with Crippen LogP contribution in [0.15, 0.2) is 62.6 Å². The lowest BCUT2D eigenvalue weighted by Gasteiger charge is -2.02. The lowest BCUT2D eigenvalue weighted by atomic mass is 10.2. The molecule has 2 heterocycles. The molecule has 0 spiro atoms. The van der Waals surface area contributed by atoms with Gasteiger partial charge >= 0.3 is 0 Å². The van der Waals surface area contributed by atoms with Gasteiger partial charge in [-0.15, -0.1) is 15.3 Å². The number of aromatic nitrogens is 5. The number of halogens is 2. The van der Waals surface area contributed by atoms with Crippen LogP contribution in [-0.4, -0.2) is 25.4 Å². The van der Waals surface area contributed by atoms with Crippen molar-refractivity contribution in [1.29, 1.82) is 0 Å². The number of hydrogen-bond acceptors (Lipinski definition) is 7. The zero-order chi connectivity index (χ0) is 19.3. The molecule has 10 heteroatoms. The highest BCUT2D eigenvalue weighted by molar-refractivity contribution is 9.10. The fourth-order valence-corrected chi connectivity index (χ4v) is 3.45. The number of ether oxygens (including phenoxy) is 1. The lowest BCUT2D eigenvalue weighted by Crippen LogP contribution is -1.97. The van der Waals surface area contributed by atoms with Crippen LogP contribution in [0.1, 0.15) is 11.7 Å². The molecule has 7 nitrogen and oxygen atoms in total. The maximum absolute atomic E-state index is 5.85. The Balaban J connectivity index is 1.31. The van der Waals surface area contributed by atoms with Gasteiger partial charge in [-0.3, -0.25) is 5.10 Å². The van der Waals surface area contributed by atoms with Crippen LogP contribution in [-0.2, 0) is 12.4 Å². The Morgan fingerprint density at radius 1 is 1.14 bits per heavy atom. The minimum atomic E-state index is 0.281. The Morgan fingerprint density at radius 3 is 2.82 bits per heavy atom. The third-order valence-electron chi connectivity index (χ3n) is 3.56. The highest BCUT2D eigenvalue weighted by Crippen LogP contribution is 2.24. The minimum absolute atomic E-state index is 0.281. The van der Waals surface area contributed by atoms with E-state index in [9.17, 15) is 0 Å². The number of hydrogen-bond donors (Lipinski definition) is 1. The molecule has 0 aliphatic rings. The van der Waals surface area contributed by atoms with E-state index in [4.69, 9.17) is 20.8 Å². The second-order valence-corrected chi connectivity index (χ2v) is 7.90. The molecule has 4 aromatic rings. The zero-order valence-electron chi connectivity index (χ0n) is 14.3. The second-order valence-electron chi connectivity index (χ2n) is 5.61. The van der Waals surface area contributed by atoms with Crippen LogP contribution in [0.4, 0.5) is 0 Å². The van der Waals surface area contributed by atoms with Crippen molar-refractivity contribution in [2.45, 2.75) is 17.5 Å². The monoisotopic (exact) mass is 477 g/mol. The van der Waals surface area contributed by atoms with Gasteiger partial charge < -0.3 is 9.15 Å². The van der Waals surface area contributed by atoms with Crippen LogP contribution in [0, 0.1) is 0 Å². The third kappa shape index (κ3) is 4.92. The van der Waals surface area contributed by atoms with Crippen LogP contribution in [0.5, 0.6) is 5.75 Å². The number of nitrogens with zero attached hydrogens (tertiary/aromatic N) is 4. The Morgan fingerprint density at radius 2 is 2.00 bits per heavy atom. The van der Waals surface area contributed by atoms with E-state index < -0.39 is 0 Å². The van der Waals surface area contributed by atoms with Crippen LogP contribution in [0.3, 0.4) is 0 Å². The van der Waals surface area contributed by atoms with Gasteiger partial charge in [-0.1, -0.05) is 45.4 Å². The van der Waals surface area contributed by atoms with Crippen molar-refractivity contribution in [2.24, 2.45) is 0 Å². The van der Waals surface area contributed by atoms with Crippen molar-refractivity contribution in [3.8, 4) is 17.2 Å². The van der Waals surface area contributed by atoms with Crippen molar-refractivity contribution in [3.05, 3.63) is 69.7 Å². The highest BCUT2D eigenvalue weighted by atomic mass is 79.9. The Hall–Kier alpha value is -2.36. The summed E-state index contributed by atoms with van der Waals surface area (Å²) in [7, 11) is 0. The van der Waals surface area contributed by atoms with Crippen molar-refractivity contribution < 1.29 is 9.15 Å². The van der Waals surface area contributed by atoms with Crippen molar-refractivity contribution in [3.63, 3.8) is 0 Å². The molecule has 0 saturated heterocycles. The first-order chi connectivity index (χ1) is 13.7. The molecule has 0 aliphatic heterocycles. The molecular formula is C18H13BrClN5O2S. The first-order valence-corrected chi connectivity index (χ1v) is 10.3. The van der Waals surface area contributed by atoms with E-state index in [1.54, 1.807) is 24.3 Å². The molecule has 0 aliphatic carbocycles. The SMILES string of the molecule is Clc1ccc(OCc2nc(SCc3nnc(-c4cccc(Br)c4)o3)n[nH]2)cc1. The topological polar surface area (TPSA) is 89.7 Å². The summed E-state index contributed by atoms with van der Waals surface area (Å²) in [5.41, 5.74) is 0.859. The Kier molecular flexibility index (Phi) is 5.94. The molecule has 2 aromatic heterocycles. The fourth-order valence-electron chi connectivity index (χ4n) is 2.27. The molecule has 0 saturated carbocycles. The summed E-state index contributed by atoms with van der Waals surface area (Å²) < 4.78 is 12.3. The predicted octanol–water partition coefficient (Wildman–Crippen LogP) is 5.14. The molecule has 0 atom stereocenters. The molecule has 4 rings (SSSR count). The van der Waals surface area contributed by atoms with Gasteiger partial charge in [0.2, 0.25) is 16.9 Å². The molecule has 0 bridgehead atoms. The average Bonchev–Trinajstić information content (AvgIpc) is 3.35. The van der Waals surface area contributed by atoms with Gasteiger partial charge in [-0.25, -0.2) is 4.98 Å². The smallest absolute Gasteiger partial charge is 0.247 e. The van der Waals surface area contributed by atoms with Crippen LogP contribution >= 0.6 is 39.3 Å². The van der Waals surface area contributed by atoms with E-state index >= 15 is 0 Å². The van der Waals surface area contributed by atoms with Crippen molar-refractivity contribution in [2.75, 3.05) is 0 Å². The van der Waals surface area contributed by atoms with Gasteiger partial charge in [0.05, 0.1) is 5.75 Å².